The third-order valence-electron chi connectivity index (χ3n) is 5.45. The zero-order valence-electron chi connectivity index (χ0n) is 15.2. The third-order valence-corrected chi connectivity index (χ3v) is 6.69. The number of benzene rings is 1. The molecule has 0 spiro atoms. The van der Waals surface area contributed by atoms with Crippen molar-refractivity contribution in [2.75, 3.05) is 18.8 Å². The molecule has 28 heavy (non-hydrogen) atoms. The molecule has 0 aromatic heterocycles. The summed E-state index contributed by atoms with van der Waals surface area (Å²) < 4.78 is 14.2. The van der Waals surface area contributed by atoms with Crippen LogP contribution >= 0.6 is 11.8 Å². The fourth-order valence-corrected chi connectivity index (χ4v) is 5.33. The second-order valence-corrected chi connectivity index (χ2v) is 8.31. The smallest absolute Gasteiger partial charge is 0.324 e. The minimum Gasteiger partial charge on any atom is -0.324 e. The van der Waals surface area contributed by atoms with Crippen molar-refractivity contribution in [2.45, 2.75) is 37.1 Å². The fourth-order valence-electron chi connectivity index (χ4n) is 4.03. The monoisotopic (exact) mass is 405 g/mol. The predicted molar refractivity (Wildman–Crippen MR) is 99.5 cm³/mol. The number of imide groups is 2. The maximum atomic E-state index is 14.2. The number of carbonyl (C=O) groups is 4. The Kier molecular flexibility index (Phi) is 5.09. The van der Waals surface area contributed by atoms with Gasteiger partial charge in [-0.25, -0.2) is 14.1 Å². The second-order valence-electron chi connectivity index (χ2n) is 7.12. The van der Waals surface area contributed by atoms with Crippen molar-refractivity contribution in [3.63, 3.8) is 0 Å². The molecule has 148 valence electrons. The van der Waals surface area contributed by atoms with Crippen LogP contribution in [0.25, 0.3) is 0 Å². The molecular weight excluding hydrogens is 385 g/mol. The molecule has 9 heteroatoms. The maximum absolute atomic E-state index is 14.2. The quantitative estimate of drug-likeness (QED) is 0.567. The van der Waals surface area contributed by atoms with Crippen LogP contribution in [-0.4, -0.2) is 63.3 Å². The Bertz CT molecular complexity index is 842. The number of urea groups is 1. The van der Waals surface area contributed by atoms with E-state index in [1.165, 1.54) is 22.7 Å². The standard InChI is InChI=1S/C19H20FN3O4S/c20-14-8-4-3-7-13(14)18-21(9-10-28-18)15(24)11-22-16(25)17(26)23(19(22)27)12-5-1-2-6-12/h3-4,7-8,12,18H,1-2,5-6,9-11H2/t18-/m1/s1. The Morgan fingerprint density at radius 2 is 1.82 bits per heavy atom. The largest absolute Gasteiger partial charge is 0.334 e. The number of nitrogens with zero attached hydrogens (tertiary/aromatic N) is 3. The number of thioether (sulfide) groups is 1. The van der Waals surface area contributed by atoms with E-state index in [1.807, 2.05) is 0 Å². The summed E-state index contributed by atoms with van der Waals surface area (Å²) in [6, 6.07) is 5.25. The Morgan fingerprint density at radius 1 is 1.11 bits per heavy atom. The van der Waals surface area contributed by atoms with E-state index in [4.69, 9.17) is 0 Å². The zero-order chi connectivity index (χ0) is 19.8. The van der Waals surface area contributed by atoms with Gasteiger partial charge in [-0.3, -0.25) is 19.3 Å². The Hall–Kier alpha value is -2.42. The molecule has 1 aromatic carbocycles. The molecule has 0 radical (unpaired) electrons. The van der Waals surface area contributed by atoms with E-state index in [0.717, 1.165) is 22.6 Å². The summed E-state index contributed by atoms with van der Waals surface area (Å²) in [5.74, 6) is -2.07. The lowest BCUT2D eigenvalue weighted by Gasteiger charge is -2.26. The normalized spacial score (nSPS) is 23.4. The fraction of sp³-hybridized carbons (Fsp3) is 0.474. The van der Waals surface area contributed by atoms with E-state index < -0.39 is 41.5 Å². The zero-order valence-corrected chi connectivity index (χ0v) is 16.0. The van der Waals surface area contributed by atoms with E-state index in [0.29, 0.717) is 30.7 Å². The van der Waals surface area contributed by atoms with Gasteiger partial charge in [-0.15, -0.1) is 11.8 Å². The van der Waals surface area contributed by atoms with Crippen LogP contribution in [0.3, 0.4) is 0 Å². The van der Waals surface area contributed by atoms with Crippen LogP contribution in [0.5, 0.6) is 0 Å². The Balaban J connectivity index is 1.50. The summed E-state index contributed by atoms with van der Waals surface area (Å²) in [4.78, 5) is 53.3. The average molecular weight is 405 g/mol. The van der Waals surface area contributed by atoms with Gasteiger partial charge in [0, 0.05) is 23.9 Å². The van der Waals surface area contributed by atoms with Gasteiger partial charge in [-0.2, -0.15) is 0 Å². The molecule has 5 amide bonds. The SMILES string of the molecule is O=C1C(=O)N(C2CCCC2)C(=O)N1CC(=O)N1CCS[C@@H]1c1ccccc1F. The van der Waals surface area contributed by atoms with Crippen molar-refractivity contribution in [1.29, 1.82) is 0 Å². The summed E-state index contributed by atoms with van der Waals surface area (Å²) in [6.07, 6.45) is 3.18. The van der Waals surface area contributed by atoms with Gasteiger partial charge in [-0.05, 0) is 18.9 Å². The molecule has 2 saturated heterocycles. The molecule has 1 saturated carbocycles. The van der Waals surface area contributed by atoms with Crippen molar-refractivity contribution in [3.8, 4) is 0 Å². The first kappa shape index (κ1) is 18.9. The number of amides is 5. The molecule has 2 heterocycles. The van der Waals surface area contributed by atoms with Gasteiger partial charge >= 0.3 is 17.8 Å². The van der Waals surface area contributed by atoms with E-state index in [-0.39, 0.29) is 6.04 Å². The second kappa shape index (κ2) is 7.54. The molecule has 4 rings (SSSR count). The molecular formula is C19H20FN3O4S. The lowest BCUT2D eigenvalue weighted by molar-refractivity contribution is -0.145. The highest BCUT2D eigenvalue weighted by molar-refractivity contribution is 7.99. The van der Waals surface area contributed by atoms with Gasteiger partial charge in [-0.1, -0.05) is 31.0 Å². The molecule has 2 aliphatic heterocycles. The molecule has 0 N–H and O–H groups in total. The molecule has 1 atom stereocenters. The summed E-state index contributed by atoms with van der Waals surface area (Å²) in [5, 5.41) is -0.511. The number of carbonyl (C=O) groups excluding carboxylic acids is 4. The van der Waals surface area contributed by atoms with Gasteiger partial charge in [0.05, 0.1) is 0 Å². The molecule has 0 bridgehead atoms. The first-order valence-corrected chi connectivity index (χ1v) is 10.4. The van der Waals surface area contributed by atoms with Crippen LogP contribution in [-0.2, 0) is 14.4 Å². The Labute approximate surface area is 165 Å². The average Bonchev–Trinajstić information content (AvgIpc) is 3.40. The number of rotatable bonds is 4. The van der Waals surface area contributed by atoms with Crippen molar-refractivity contribution in [1.82, 2.24) is 14.7 Å². The van der Waals surface area contributed by atoms with Crippen molar-refractivity contribution in [2.24, 2.45) is 0 Å². The molecule has 3 aliphatic rings. The highest BCUT2D eigenvalue weighted by Gasteiger charge is 2.49. The minimum absolute atomic E-state index is 0.266. The predicted octanol–water partition coefficient (Wildman–Crippen LogP) is 2.13. The van der Waals surface area contributed by atoms with Crippen LogP contribution in [0.4, 0.5) is 9.18 Å². The van der Waals surface area contributed by atoms with Crippen LogP contribution in [0, 0.1) is 5.82 Å². The van der Waals surface area contributed by atoms with E-state index in [9.17, 15) is 23.6 Å². The number of hydrogen-bond donors (Lipinski definition) is 0. The van der Waals surface area contributed by atoms with Crippen molar-refractivity contribution >= 4 is 35.5 Å². The van der Waals surface area contributed by atoms with Gasteiger partial charge in [0.25, 0.3) is 0 Å². The molecule has 0 unspecified atom stereocenters. The molecule has 1 aliphatic carbocycles. The van der Waals surface area contributed by atoms with Crippen LogP contribution in [0.15, 0.2) is 24.3 Å². The van der Waals surface area contributed by atoms with Gasteiger partial charge < -0.3 is 4.90 Å². The minimum atomic E-state index is -0.959. The van der Waals surface area contributed by atoms with Gasteiger partial charge in [0.2, 0.25) is 5.91 Å². The summed E-state index contributed by atoms with van der Waals surface area (Å²) in [6.45, 7) is -0.114. The summed E-state index contributed by atoms with van der Waals surface area (Å²) in [7, 11) is 0. The Morgan fingerprint density at radius 3 is 2.54 bits per heavy atom. The summed E-state index contributed by atoms with van der Waals surface area (Å²) in [5.41, 5.74) is 0.390. The van der Waals surface area contributed by atoms with Gasteiger partial charge in [0.15, 0.2) is 0 Å². The van der Waals surface area contributed by atoms with Gasteiger partial charge in [0.1, 0.15) is 17.7 Å². The van der Waals surface area contributed by atoms with Crippen LogP contribution in [0.2, 0.25) is 0 Å². The lowest BCUT2D eigenvalue weighted by atomic mass is 10.2. The number of hydrogen-bond acceptors (Lipinski definition) is 5. The highest BCUT2D eigenvalue weighted by atomic mass is 32.2. The molecule has 7 nitrogen and oxygen atoms in total. The van der Waals surface area contributed by atoms with Crippen molar-refractivity contribution in [3.05, 3.63) is 35.6 Å². The molecule has 3 fully saturated rings. The molecule has 1 aromatic rings. The highest BCUT2D eigenvalue weighted by Crippen LogP contribution is 2.39. The summed E-state index contributed by atoms with van der Waals surface area (Å²) >= 11 is 1.43. The third kappa shape index (κ3) is 3.17. The topological polar surface area (TPSA) is 78.0 Å². The lowest BCUT2D eigenvalue weighted by Crippen LogP contribution is -2.44. The van der Waals surface area contributed by atoms with Crippen LogP contribution in [0.1, 0.15) is 36.6 Å². The van der Waals surface area contributed by atoms with E-state index >= 15 is 0 Å². The van der Waals surface area contributed by atoms with Crippen LogP contribution < -0.4 is 0 Å². The first-order valence-electron chi connectivity index (χ1n) is 9.33. The van der Waals surface area contributed by atoms with E-state index in [2.05, 4.69) is 0 Å². The number of halogens is 1. The van der Waals surface area contributed by atoms with E-state index in [1.54, 1.807) is 18.2 Å². The van der Waals surface area contributed by atoms with Crippen molar-refractivity contribution < 1.29 is 23.6 Å². The first-order chi connectivity index (χ1) is 13.5. The maximum Gasteiger partial charge on any atom is 0.334 e.